The number of rotatable bonds is 2. The quantitative estimate of drug-likeness (QED) is 0.492. The molecule has 18 heavy (non-hydrogen) atoms. The molecule has 2 aromatic rings. The minimum Gasteiger partial charge on any atom is -0.399 e. The second kappa shape index (κ2) is 4.60. The number of benzene rings is 1. The van der Waals surface area contributed by atoms with Crippen LogP contribution in [0.5, 0.6) is 0 Å². The van der Waals surface area contributed by atoms with Crippen LogP contribution in [-0.4, -0.2) is 4.57 Å². The number of hydrogen-bond donors (Lipinski definition) is 1. The fourth-order valence-electron chi connectivity index (χ4n) is 1.79. The van der Waals surface area contributed by atoms with E-state index in [4.69, 9.17) is 5.73 Å². The molecule has 94 valence electrons. The van der Waals surface area contributed by atoms with Crippen molar-refractivity contribution in [2.45, 2.75) is 13.8 Å². The third-order valence-electron chi connectivity index (χ3n) is 3.28. The van der Waals surface area contributed by atoms with Gasteiger partial charge in [-0.25, -0.2) is 9.13 Å². The largest absolute Gasteiger partial charge is 0.421 e. The summed E-state index contributed by atoms with van der Waals surface area (Å²) in [5.41, 5.74) is 9.51. The Bertz CT molecular complexity index is 567. The molecular weight excluding hydrogens is 226 g/mol. The Morgan fingerprint density at radius 1 is 1.11 bits per heavy atom. The zero-order valence-electron chi connectivity index (χ0n) is 11.2. The van der Waals surface area contributed by atoms with Crippen molar-refractivity contribution in [3.63, 3.8) is 0 Å². The van der Waals surface area contributed by atoms with E-state index in [1.54, 1.807) is 0 Å². The van der Waals surface area contributed by atoms with Gasteiger partial charge in [-0.2, -0.15) is 0 Å². The lowest BCUT2D eigenvalue weighted by molar-refractivity contribution is -0.664. The summed E-state index contributed by atoms with van der Waals surface area (Å²) in [7, 11) is 3.97. The third-order valence-corrected chi connectivity index (χ3v) is 3.28. The van der Waals surface area contributed by atoms with E-state index in [2.05, 4.69) is 24.1 Å². The lowest BCUT2D eigenvalue weighted by atomic mass is 10.3. The average Bonchev–Trinajstić information content (AvgIpc) is 2.54. The van der Waals surface area contributed by atoms with Crippen LogP contribution >= 0.6 is 0 Å². The summed E-state index contributed by atoms with van der Waals surface area (Å²) < 4.78 is 4.05. The van der Waals surface area contributed by atoms with Gasteiger partial charge in [-0.3, -0.25) is 0 Å². The Labute approximate surface area is 107 Å². The summed E-state index contributed by atoms with van der Waals surface area (Å²) in [5, 5.41) is 8.52. The van der Waals surface area contributed by atoms with Crippen LogP contribution in [-0.2, 0) is 14.1 Å². The van der Waals surface area contributed by atoms with Gasteiger partial charge >= 0.3 is 5.95 Å². The second-order valence-electron chi connectivity index (χ2n) is 4.38. The van der Waals surface area contributed by atoms with E-state index in [0.717, 1.165) is 17.3 Å². The third kappa shape index (κ3) is 2.11. The summed E-state index contributed by atoms with van der Waals surface area (Å²) in [6.07, 6.45) is 0. The van der Waals surface area contributed by atoms with Crippen LogP contribution in [0.1, 0.15) is 11.4 Å². The minimum absolute atomic E-state index is 0.727. The molecule has 2 N–H and O–H groups in total. The molecule has 0 unspecified atom stereocenters. The molecular formula is C13H18N5+. The summed E-state index contributed by atoms with van der Waals surface area (Å²) in [6.45, 7) is 4.13. The van der Waals surface area contributed by atoms with Gasteiger partial charge in [-0.15, -0.1) is 0 Å². The van der Waals surface area contributed by atoms with E-state index in [1.807, 2.05) is 47.5 Å². The minimum atomic E-state index is 0.727. The number of hydrogen-bond acceptors (Lipinski definition) is 3. The van der Waals surface area contributed by atoms with Crippen molar-refractivity contribution in [2.24, 2.45) is 24.3 Å². The van der Waals surface area contributed by atoms with Gasteiger partial charge in [0.05, 0.1) is 14.1 Å². The smallest absolute Gasteiger partial charge is 0.399 e. The molecule has 0 aliphatic heterocycles. The zero-order chi connectivity index (χ0) is 13.3. The highest BCUT2D eigenvalue weighted by Gasteiger charge is 2.19. The fourth-order valence-corrected chi connectivity index (χ4v) is 1.79. The van der Waals surface area contributed by atoms with Gasteiger partial charge in [0.2, 0.25) is 0 Å². The molecule has 5 heteroatoms. The summed E-state index contributed by atoms with van der Waals surface area (Å²) in [6, 6.07) is 7.33. The predicted octanol–water partition coefficient (Wildman–Crippen LogP) is 2.46. The normalized spacial score (nSPS) is 11.3. The van der Waals surface area contributed by atoms with E-state index in [9.17, 15) is 0 Å². The topological polar surface area (TPSA) is 59.5 Å². The molecule has 0 aliphatic rings. The zero-order valence-corrected chi connectivity index (χ0v) is 11.2. The van der Waals surface area contributed by atoms with E-state index in [0.29, 0.717) is 0 Å². The van der Waals surface area contributed by atoms with Crippen molar-refractivity contribution < 1.29 is 4.57 Å². The standard InChI is InChI=1S/C13H17N5/c1-9-10(2)18(4)13(17(9)3)16-15-12-7-5-11(14)6-8-12/h5-8,14H,1-4H3/p+1. The van der Waals surface area contributed by atoms with Crippen molar-refractivity contribution in [2.75, 3.05) is 5.73 Å². The first kappa shape index (κ1) is 12.3. The molecule has 0 saturated carbocycles. The van der Waals surface area contributed by atoms with Crippen molar-refractivity contribution in [3.05, 3.63) is 35.7 Å². The van der Waals surface area contributed by atoms with Gasteiger partial charge < -0.3 is 5.73 Å². The Morgan fingerprint density at radius 2 is 1.72 bits per heavy atom. The summed E-state index contributed by atoms with van der Waals surface area (Å²) >= 11 is 0. The van der Waals surface area contributed by atoms with Crippen LogP contribution in [0.2, 0.25) is 0 Å². The average molecular weight is 244 g/mol. The van der Waals surface area contributed by atoms with Crippen molar-refractivity contribution in [1.82, 2.24) is 4.57 Å². The molecule has 0 radical (unpaired) electrons. The molecule has 0 spiro atoms. The van der Waals surface area contributed by atoms with Gasteiger partial charge in [0.1, 0.15) is 17.1 Å². The number of nitrogens with two attached hydrogens (primary N) is 1. The molecule has 0 aliphatic carbocycles. The fraction of sp³-hybridized carbons (Fsp3) is 0.308. The molecule has 0 fully saturated rings. The number of nitrogens with zero attached hydrogens (tertiary/aromatic N) is 4. The van der Waals surface area contributed by atoms with Gasteiger partial charge in [-0.1, -0.05) is 5.11 Å². The van der Waals surface area contributed by atoms with Crippen molar-refractivity contribution >= 4 is 17.3 Å². The maximum absolute atomic E-state index is 5.62. The molecule has 1 aromatic heterocycles. The van der Waals surface area contributed by atoms with Gasteiger partial charge in [0.15, 0.2) is 0 Å². The van der Waals surface area contributed by atoms with Crippen LogP contribution in [0.4, 0.5) is 17.3 Å². The highest BCUT2D eigenvalue weighted by atomic mass is 15.3. The van der Waals surface area contributed by atoms with Gasteiger partial charge in [0.25, 0.3) is 0 Å². The molecule has 0 saturated heterocycles. The number of azo groups is 1. The van der Waals surface area contributed by atoms with Crippen LogP contribution < -0.4 is 10.3 Å². The lowest BCUT2D eigenvalue weighted by Crippen LogP contribution is -2.29. The first-order valence-corrected chi connectivity index (χ1v) is 5.80. The molecule has 1 aromatic carbocycles. The Balaban J connectivity index is 2.35. The molecule has 0 atom stereocenters. The Kier molecular flexibility index (Phi) is 3.14. The SMILES string of the molecule is Cc1c(C)[n+](C)c(N=Nc2ccc(N)cc2)n1C. The number of nitrogen functional groups attached to an aromatic ring is 1. The van der Waals surface area contributed by atoms with Gasteiger partial charge in [0, 0.05) is 10.8 Å². The maximum Gasteiger partial charge on any atom is 0.421 e. The van der Waals surface area contributed by atoms with Crippen molar-refractivity contribution in [3.8, 4) is 0 Å². The highest BCUT2D eigenvalue weighted by Crippen LogP contribution is 2.18. The highest BCUT2D eigenvalue weighted by molar-refractivity contribution is 5.47. The van der Waals surface area contributed by atoms with Crippen molar-refractivity contribution in [1.29, 1.82) is 0 Å². The number of aromatic nitrogens is 2. The summed E-state index contributed by atoms with van der Waals surface area (Å²) in [5.74, 6) is 0.821. The lowest BCUT2D eigenvalue weighted by Gasteiger charge is -1.92. The molecule has 0 bridgehead atoms. The van der Waals surface area contributed by atoms with Crippen LogP contribution in [0, 0.1) is 13.8 Å². The molecule has 5 nitrogen and oxygen atoms in total. The van der Waals surface area contributed by atoms with E-state index >= 15 is 0 Å². The number of anilines is 1. The van der Waals surface area contributed by atoms with E-state index < -0.39 is 0 Å². The maximum atomic E-state index is 5.62. The second-order valence-corrected chi connectivity index (χ2v) is 4.38. The molecule has 0 amide bonds. The van der Waals surface area contributed by atoms with Gasteiger partial charge in [-0.05, 0) is 38.1 Å². The van der Waals surface area contributed by atoms with E-state index in [1.165, 1.54) is 11.4 Å². The molecule has 1 heterocycles. The monoisotopic (exact) mass is 244 g/mol. The first-order chi connectivity index (χ1) is 8.50. The number of imidazole rings is 1. The Hall–Kier alpha value is -2.17. The first-order valence-electron chi connectivity index (χ1n) is 5.80. The molecule has 2 rings (SSSR count). The Morgan fingerprint density at radius 3 is 2.22 bits per heavy atom. The summed E-state index contributed by atoms with van der Waals surface area (Å²) in [4.78, 5) is 0. The van der Waals surface area contributed by atoms with Crippen LogP contribution in [0.3, 0.4) is 0 Å². The van der Waals surface area contributed by atoms with Crippen LogP contribution in [0.25, 0.3) is 0 Å². The van der Waals surface area contributed by atoms with Crippen LogP contribution in [0.15, 0.2) is 34.5 Å². The predicted molar refractivity (Wildman–Crippen MR) is 71.1 cm³/mol. The van der Waals surface area contributed by atoms with E-state index in [-0.39, 0.29) is 0 Å².